The van der Waals surface area contributed by atoms with E-state index in [1.165, 1.54) is 0 Å². The first kappa shape index (κ1) is 22.1. The van der Waals surface area contributed by atoms with E-state index < -0.39 is 5.60 Å². The first-order valence-corrected chi connectivity index (χ1v) is 7.88. The van der Waals surface area contributed by atoms with Crippen LogP contribution in [0, 0.1) is 0 Å². The molecule has 2 aliphatic heterocycles. The fraction of sp³-hybridized carbons (Fsp3) is 0.625. The summed E-state index contributed by atoms with van der Waals surface area (Å²) < 4.78 is 22.0. The summed E-state index contributed by atoms with van der Waals surface area (Å²) in [6.07, 6.45) is 0. The number of aliphatic hydroxyl groups is 1. The van der Waals surface area contributed by atoms with Crippen molar-refractivity contribution in [2.75, 3.05) is 53.2 Å². The van der Waals surface area contributed by atoms with Crippen molar-refractivity contribution in [2.45, 2.75) is 12.1 Å². The second-order valence-electron chi connectivity index (χ2n) is 5.86. The molecule has 25 heavy (non-hydrogen) atoms. The minimum Gasteiger partial charge on any atom is -0.496 e. The van der Waals surface area contributed by atoms with E-state index in [1.54, 1.807) is 7.11 Å². The van der Waals surface area contributed by atoms with Crippen LogP contribution >= 0.6 is 24.8 Å². The molecule has 2 heterocycles. The summed E-state index contributed by atoms with van der Waals surface area (Å²) in [5.74, 6) is 2.17. The highest BCUT2D eigenvalue weighted by molar-refractivity contribution is 5.85. The summed E-state index contributed by atoms with van der Waals surface area (Å²) in [5.41, 5.74) is 0.0558. The van der Waals surface area contributed by atoms with Gasteiger partial charge in [0, 0.05) is 37.8 Å². The summed E-state index contributed by atoms with van der Waals surface area (Å²) in [6.45, 7) is 4.31. The molecule has 1 aromatic carbocycles. The van der Waals surface area contributed by atoms with Gasteiger partial charge < -0.3 is 34.7 Å². The van der Waals surface area contributed by atoms with Gasteiger partial charge in [0.1, 0.15) is 24.6 Å². The summed E-state index contributed by atoms with van der Waals surface area (Å²) in [7, 11) is 1.63. The van der Waals surface area contributed by atoms with Crippen molar-refractivity contribution < 1.29 is 24.1 Å². The molecule has 0 aromatic heterocycles. The Balaban J connectivity index is 0.00000156. The molecule has 1 fully saturated rings. The summed E-state index contributed by atoms with van der Waals surface area (Å²) in [5, 5.41) is 17.0. The highest BCUT2D eigenvalue weighted by atomic mass is 35.5. The first-order valence-electron chi connectivity index (χ1n) is 7.88. The van der Waals surface area contributed by atoms with E-state index in [1.807, 2.05) is 12.1 Å². The van der Waals surface area contributed by atoms with Gasteiger partial charge >= 0.3 is 0 Å². The number of β-amino-alcohol motifs (C(OH)–C–C–N with tert-alkyl or cyclic N) is 1. The molecular formula is C16H26Cl2N2O5. The third-order valence-electron chi connectivity index (χ3n) is 3.96. The van der Waals surface area contributed by atoms with Crippen molar-refractivity contribution in [1.82, 2.24) is 10.6 Å². The van der Waals surface area contributed by atoms with Crippen molar-refractivity contribution in [3.05, 3.63) is 17.7 Å². The van der Waals surface area contributed by atoms with Gasteiger partial charge in [-0.15, -0.1) is 24.8 Å². The van der Waals surface area contributed by atoms with Gasteiger partial charge in [-0.3, -0.25) is 0 Å². The molecule has 2 aliphatic rings. The second-order valence-corrected chi connectivity index (χ2v) is 5.86. The number of halogens is 2. The van der Waals surface area contributed by atoms with Gasteiger partial charge in [-0.1, -0.05) is 0 Å². The monoisotopic (exact) mass is 396 g/mol. The Morgan fingerprint density at radius 2 is 1.92 bits per heavy atom. The van der Waals surface area contributed by atoms with Crippen LogP contribution in [0.3, 0.4) is 0 Å². The molecule has 1 atom stereocenters. The van der Waals surface area contributed by atoms with Gasteiger partial charge in [0.15, 0.2) is 11.5 Å². The number of hydrogen-bond acceptors (Lipinski definition) is 7. The fourth-order valence-electron chi connectivity index (χ4n) is 2.76. The molecule has 3 N–H and O–H groups in total. The Hall–Kier alpha value is -0.960. The normalized spacial score (nSPS) is 22.2. The van der Waals surface area contributed by atoms with E-state index in [0.29, 0.717) is 51.8 Å². The zero-order valence-electron chi connectivity index (χ0n) is 14.2. The topological polar surface area (TPSA) is 81.2 Å². The number of hydrogen-bond donors (Lipinski definition) is 3. The molecule has 1 aromatic rings. The van der Waals surface area contributed by atoms with E-state index in [0.717, 1.165) is 23.6 Å². The second kappa shape index (κ2) is 10.3. The van der Waals surface area contributed by atoms with Crippen LogP contribution in [0.25, 0.3) is 0 Å². The maximum absolute atomic E-state index is 10.5. The molecule has 7 nitrogen and oxygen atoms in total. The predicted molar refractivity (Wildman–Crippen MR) is 98.8 cm³/mol. The van der Waals surface area contributed by atoms with Crippen LogP contribution in [0.1, 0.15) is 5.56 Å². The number of benzene rings is 1. The summed E-state index contributed by atoms with van der Waals surface area (Å²) in [4.78, 5) is 0. The molecule has 0 spiro atoms. The zero-order valence-corrected chi connectivity index (χ0v) is 15.8. The molecule has 144 valence electrons. The van der Waals surface area contributed by atoms with Crippen molar-refractivity contribution >= 4 is 24.8 Å². The van der Waals surface area contributed by atoms with Crippen molar-refractivity contribution in [3.63, 3.8) is 0 Å². The zero-order chi connectivity index (χ0) is 16.1. The van der Waals surface area contributed by atoms with E-state index in [4.69, 9.17) is 18.9 Å². The van der Waals surface area contributed by atoms with Gasteiger partial charge in [-0.2, -0.15) is 0 Å². The molecule has 0 bridgehead atoms. The Morgan fingerprint density at radius 3 is 2.64 bits per heavy atom. The van der Waals surface area contributed by atoms with Crippen molar-refractivity contribution in [2.24, 2.45) is 0 Å². The van der Waals surface area contributed by atoms with Crippen LogP contribution in [0.5, 0.6) is 17.2 Å². The smallest absolute Gasteiger partial charge is 0.165 e. The Labute approximate surface area is 160 Å². The minimum absolute atomic E-state index is 0. The summed E-state index contributed by atoms with van der Waals surface area (Å²) >= 11 is 0. The SMILES string of the molecule is COc1cc2c(cc1CNCC1(O)CNCCOC1)OCCO2.Cl.Cl. The highest BCUT2D eigenvalue weighted by Gasteiger charge is 2.28. The van der Waals surface area contributed by atoms with Crippen LogP contribution in [0.4, 0.5) is 0 Å². The molecular weight excluding hydrogens is 371 g/mol. The molecule has 9 heteroatoms. The molecule has 1 unspecified atom stereocenters. The lowest BCUT2D eigenvalue weighted by molar-refractivity contribution is -0.0264. The highest BCUT2D eigenvalue weighted by Crippen LogP contribution is 2.36. The third-order valence-corrected chi connectivity index (χ3v) is 3.96. The fourth-order valence-corrected chi connectivity index (χ4v) is 2.76. The number of nitrogens with one attached hydrogen (secondary N) is 2. The molecule has 0 aliphatic carbocycles. The van der Waals surface area contributed by atoms with Crippen LogP contribution in [0.15, 0.2) is 12.1 Å². The molecule has 0 saturated carbocycles. The third kappa shape index (κ3) is 5.77. The Kier molecular flexibility index (Phi) is 9.06. The average Bonchev–Trinajstić information content (AvgIpc) is 2.79. The molecule has 0 amide bonds. The lowest BCUT2D eigenvalue weighted by Gasteiger charge is -2.26. The largest absolute Gasteiger partial charge is 0.496 e. The number of rotatable bonds is 5. The molecule has 1 saturated heterocycles. The predicted octanol–water partition coefficient (Wildman–Crippen LogP) is 0.750. The first-order chi connectivity index (χ1) is 11.2. The maximum atomic E-state index is 10.5. The lowest BCUT2D eigenvalue weighted by atomic mass is 10.1. The maximum Gasteiger partial charge on any atom is 0.165 e. The Morgan fingerprint density at radius 1 is 1.20 bits per heavy atom. The number of methoxy groups -OCH3 is 1. The lowest BCUT2D eigenvalue weighted by Crippen LogP contribution is -2.50. The average molecular weight is 397 g/mol. The van der Waals surface area contributed by atoms with Crippen LogP contribution in [-0.2, 0) is 11.3 Å². The van der Waals surface area contributed by atoms with Crippen LogP contribution in [-0.4, -0.2) is 63.9 Å². The van der Waals surface area contributed by atoms with Gasteiger partial charge in [0.05, 0.1) is 20.3 Å². The van der Waals surface area contributed by atoms with Gasteiger partial charge in [0.2, 0.25) is 0 Å². The molecule has 0 radical (unpaired) electrons. The van der Waals surface area contributed by atoms with Crippen molar-refractivity contribution in [3.8, 4) is 17.2 Å². The molecule has 3 rings (SSSR count). The van der Waals surface area contributed by atoms with Gasteiger partial charge in [-0.05, 0) is 6.07 Å². The van der Waals surface area contributed by atoms with Crippen molar-refractivity contribution in [1.29, 1.82) is 0 Å². The van der Waals surface area contributed by atoms with Crippen LogP contribution in [0.2, 0.25) is 0 Å². The van der Waals surface area contributed by atoms with E-state index in [-0.39, 0.29) is 24.8 Å². The summed E-state index contributed by atoms with van der Waals surface area (Å²) in [6, 6.07) is 3.77. The number of ether oxygens (including phenoxy) is 4. The standard InChI is InChI=1S/C16H24N2O5.2ClH/c1-20-13-7-15-14(22-4-5-23-15)6-12(13)8-18-10-16(19)9-17-2-3-21-11-16;;/h6-7,17-19H,2-5,8-11H2,1H3;2*1H. The van der Waals surface area contributed by atoms with E-state index >= 15 is 0 Å². The minimum atomic E-state index is -0.905. The number of fused-ring (bicyclic) bond motifs is 1. The van der Waals surface area contributed by atoms with E-state index in [2.05, 4.69) is 10.6 Å². The van der Waals surface area contributed by atoms with Crippen LogP contribution < -0.4 is 24.8 Å². The van der Waals surface area contributed by atoms with Gasteiger partial charge in [-0.25, -0.2) is 0 Å². The van der Waals surface area contributed by atoms with Gasteiger partial charge in [0.25, 0.3) is 0 Å². The quantitative estimate of drug-likeness (QED) is 0.677. The van der Waals surface area contributed by atoms with E-state index in [9.17, 15) is 5.11 Å². The Bertz CT molecular complexity index is 540.